The average molecular weight is 547 g/mol. The van der Waals surface area contributed by atoms with Crippen LogP contribution in [0.4, 0.5) is 5.69 Å². The van der Waals surface area contributed by atoms with Crippen molar-refractivity contribution in [2.75, 3.05) is 32.0 Å². The minimum absolute atomic E-state index is 0.0674. The van der Waals surface area contributed by atoms with Crippen molar-refractivity contribution in [2.24, 2.45) is 0 Å². The highest BCUT2D eigenvalue weighted by molar-refractivity contribution is 5.71. The van der Waals surface area contributed by atoms with E-state index in [0.717, 1.165) is 42.8 Å². The minimum atomic E-state index is -0.305. The summed E-state index contributed by atoms with van der Waals surface area (Å²) in [6.07, 6.45) is 3.84. The van der Waals surface area contributed by atoms with E-state index in [1.165, 1.54) is 4.57 Å². The van der Waals surface area contributed by atoms with Crippen LogP contribution < -0.4 is 17.0 Å². The number of rotatable bonds is 15. The third-order valence-corrected chi connectivity index (χ3v) is 7.46. The summed E-state index contributed by atoms with van der Waals surface area (Å²) >= 11 is 0. The molecule has 0 unspecified atom stereocenters. The van der Waals surface area contributed by atoms with E-state index < -0.39 is 0 Å². The molecule has 0 aliphatic carbocycles. The SMILES string of the molecule is CCCCCn1c(=O)c2c(nc(Cc3cccc(N)c3)n2CCN(CC)CCO)n(CCc2ccccc2)c1=O. The van der Waals surface area contributed by atoms with Gasteiger partial charge >= 0.3 is 5.69 Å². The van der Waals surface area contributed by atoms with Crippen molar-refractivity contribution in [3.63, 3.8) is 0 Å². The van der Waals surface area contributed by atoms with Gasteiger partial charge in [-0.3, -0.25) is 18.8 Å². The lowest BCUT2D eigenvalue weighted by molar-refractivity contribution is 0.197. The molecule has 4 rings (SSSR count). The maximum atomic E-state index is 14.0. The molecule has 0 aliphatic rings. The number of nitrogen functional groups attached to an aromatic ring is 1. The van der Waals surface area contributed by atoms with Gasteiger partial charge in [0.15, 0.2) is 11.2 Å². The fourth-order valence-corrected chi connectivity index (χ4v) is 5.21. The van der Waals surface area contributed by atoms with Gasteiger partial charge in [-0.25, -0.2) is 9.78 Å². The summed E-state index contributed by atoms with van der Waals surface area (Å²) in [6, 6.07) is 17.7. The summed E-state index contributed by atoms with van der Waals surface area (Å²) in [5.74, 6) is 0.719. The molecule has 2 aromatic carbocycles. The Kier molecular flexibility index (Phi) is 10.3. The second kappa shape index (κ2) is 14.1. The normalized spacial score (nSPS) is 11.6. The lowest BCUT2D eigenvalue weighted by Crippen LogP contribution is -2.41. The highest BCUT2D eigenvalue weighted by atomic mass is 16.3. The van der Waals surface area contributed by atoms with E-state index in [4.69, 9.17) is 10.7 Å². The van der Waals surface area contributed by atoms with Gasteiger partial charge in [-0.15, -0.1) is 0 Å². The molecule has 9 heteroatoms. The molecule has 2 heterocycles. The molecule has 0 saturated carbocycles. The first kappa shape index (κ1) is 29.3. The number of aliphatic hydroxyl groups excluding tert-OH is 1. The first-order valence-electron chi connectivity index (χ1n) is 14.4. The van der Waals surface area contributed by atoms with Crippen LogP contribution in [-0.4, -0.2) is 54.9 Å². The van der Waals surface area contributed by atoms with E-state index in [2.05, 4.69) is 18.7 Å². The van der Waals surface area contributed by atoms with E-state index in [0.29, 0.717) is 62.4 Å². The molecule has 9 nitrogen and oxygen atoms in total. The Hall–Kier alpha value is -3.69. The number of likely N-dealkylation sites (N-methyl/N-ethyl adjacent to an activating group) is 1. The number of aromatic nitrogens is 4. The number of unbranched alkanes of at least 4 members (excludes halogenated alkanes) is 2. The van der Waals surface area contributed by atoms with Crippen LogP contribution in [0.2, 0.25) is 0 Å². The van der Waals surface area contributed by atoms with Crippen LogP contribution in [0.5, 0.6) is 0 Å². The molecule has 0 bridgehead atoms. The lowest BCUT2D eigenvalue weighted by Gasteiger charge is -2.20. The zero-order valence-corrected chi connectivity index (χ0v) is 23.8. The average Bonchev–Trinajstić information content (AvgIpc) is 3.31. The maximum absolute atomic E-state index is 14.0. The number of hydrogen-bond donors (Lipinski definition) is 2. The van der Waals surface area contributed by atoms with E-state index in [1.807, 2.05) is 59.2 Å². The number of imidazole rings is 1. The minimum Gasteiger partial charge on any atom is -0.399 e. The van der Waals surface area contributed by atoms with Crippen molar-refractivity contribution in [1.82, 2.24) is 23.6 Å². The first-order valence-corrected chi connectivity index (χ1v) is 14.4. The zero-order valence-electron chi connectivity index (χ0n) is 23.8. The van der Waals surface area contributed by atoms with Gasteiger partial charge < -0.3 is 15.4 Å². The highest BCUT2D eigenvalue weighted by Gasteiger charge is 2.22. The monoisotopic (exact) mass is 546 g/mol. The molecule has 0 fully saturated rings. The Labute approximate surface area is 235 Å². The number of aliphatic hydroxyl groups is 1. The van der Waals surface area contributed by atoms with Gasteiger partial charge in [0.1, 0.15) is 5.82 Å². The molecule has 0 atom stereocenters. The molecule has 214 valence electrons. The molecule has 0 amide bonds. The third-order valence-electron chi connectivity index (χ3n) is 7.46. The number of anilines is 1. The van der Waals surface area contributed by atoms with Crippen LogP contribution in [-0.2, 0) is 32.5 Å². The summed E-state index contributed by atoms with van der Waals surface area (Å²) in [4.78, 5) is 34.8. The maximum Gasteiger partial charge on any atom is 0.332 e. The summed E-state index contributed by atoms with van der Waals surface area (Å²) in [6.45, 7) is 7.52. The standard InChI is InChI=1S/C31H42N6O3/c1-3-5-9-16-37-30(39)28-29(36(31(37)40)17-15-24-11-7-6-8-12-24)33-27(23-25-13-10-14-26(32)22-25)35(28)19-18-34(4-2)20-21-38/h6-8,10-14,22,38H,3-5,9,15-21,23,32H2,1-2H3. The highest BCUT2D eigenvalue weighted by Crippen LogP contribution is 2.18. The Morgan fingerprint density at radius 2 is 1.65 bits per heavy atom. The van der Waals surface area contributed by atoms with Gasteiger partial charge in [0.25, 0.3) is 5.56 Å². The number of nitrogens with zero attached hydrogens (tertiary/aromatic N) is 5. The largest absolute Gasteiger partial charge is 0.399 e. The molecule has 3 N–H and O–H groups in total. The molecular formula is C31H42N6O3. The predicted molar refractivity (Wildman–Crippen MR) is 161 cm³/mol. The van der Waals surface area contributed by atoms with E-state index in [1.54, 1.807) is 4.57 Å². The fourth-order valence-electron chi connectivity index (χ4n) is 5.21. The molecule has 0 radical (unpaired) electrons. The molecule has 40 heavy (non-hydrogen) atoms. The number of aryl methyl sites for hydroxylation is 2. The van der Waals surface area contributed by atoms with Gasteiger partial charge in [-0.1, -0.05) is 69.2 Å². The summed E-state index contributed by atoms with van der Waals surface area (Å²) in [7, 11) is 0. The van der Waals surface area contributed by atoms with E-state index >= 15 is 0 Å². The van der Waals surface area contributed by atoms with Crippen molar-refractivity contribution in [2.45, 2.75) is 65.6 Å². The van der Waals surface area contributed by atoms with Gasteiger partial charge in [0, 0.05) is 44.8 Å². The van der Waals surface area contributed by atoms with Crippen LogP contribution >= 0.6 is 0 Å². The van der Waals surface area contributed by atoms with E-state index in [9.17, 15) is 14.7 Å². The second-order valence-corrected chi connectivity index (χ2v) is 10.3. The lowest BCUT2D eigenvalue weighted by atomic mass is 10.1. The Morgan fingerprint density at radius 1 is 0.875 bits per heavy atom. The van der Waals surface area contributed by atoms with Crippen LogP contribution in [0.15, 0.2) is 64.2 Å². The molecule has 0 aliphatic heterocycles. The van der Waals surface area contributed by atoms with Crippen molar-refractivity contribution in [3.8, 4) is 0 Å². The number of nitrogens with two attached hydrogens (primary N) is 1. The Morgan fingerprint density at radius 3 is 2.35 bits per heavy atom. The van der Waals surface area contributed by atoms with Crippen LogP contribution in [0, 0.1) is 0 Å². The third kappa shape index (κ3) is 6.89. The summed E-state index contributed by atoms with van der Waals surface area (Å²) in [5, 5.41) is 9.51. The number of hydrogen-bond acceptors (Lipinski definition) is 6. The molecule has 0 spiro atoms. The quantitative estimate of drug-likeness (QED) is 0.175. The number of fused-ring (bicyclic) bond motifs is 1. The van der Waals surface area contributed by atoms with Gasteiger partial charge in [0.05, 0.1) is 6.61 Å². The fraction of sp³-hybridized carbons (Fsp3) is 0.452. The van der Waals surface area contributed by atoms with Gasteiger partial charge in [-0.2, -0.15) is 0 Å². The van der Waals surface area contributed by atoms with Crippen LogP contribution in [0.1, 0.15) is 50.1 Å². The Balaban J connectivity index is 1.87. The van der Waals surface area contributed by atoms with Gasteiger partial charge in [0.2, 0.25) is 0 Å². The van der Waals surface area contributed by atoms with E-state index in [-0.39, 0.29) is 17.9 Å². The molecule has 4 aromatic rings. The first-order chi connectivity index (χ1) is 19.5. The van der Waals surface area contributed by atoms with Crippen molar-refractivity contribution in [3.05, 3.63) is 92.4 Å². The summed E-state index contributed by atoms with van der Waals surface area (Å²) in [5.41, 5.74) is 9.13. The molecule has 2 aromatic heterocycles. The Bertz CT molecular complexity index is 1510. The zero-order chi connectivity index (χ0) is 28.5. The van der Waals surface area contributed by atoms with Crippen LogP contribution in [0.3, 0.4) is 0 Å². The van der Waals surface area contributed by atoms with Gasteiger partial charge in [-0.05, 0) is 42.6 Å². The van der Waals surface area contributed by atoms with Crippen molar-refractivity contribution >= 4 is 16.9 Å². The molecular weight excluding hydrogens is 504 g/mol. The smallest absolute Gasteiger partial charge is 0.332 e. The van der Waals surface area contributed by atoms with Crippen LogP contribution in [0.25, 0.3) is 11.2 Å². The molecule has 0 saturated heterocycles. The predicted octanol–water partition coefficient (Wildman–Crippen LogP) is 3.28. The van der Waals surface area contributed by atoms with Crippen molar-refractivity contribution < 1.29 is 5.11 Å². The number of benzene rings is 2. The topological polar surface area (TPSA) is 111 Å². The van der Waals surface area contributed by atoms with Crippen molar-refractivity contribution in [1.29, 1.82) is 0 Å². The summed E-state index contributed by atoms with van der Waals surface area (Å²) < 4.78 is 5.06. The second-order valence-electron chi connectivity index (χ2n) is 10.3.